The molecule has 0 aliphatic carbocycles. The van der Waals surface area contributed by atoms with Crippen molar-refractivity contribution in [2.24, 2.45) is 0 Å². The SMILES string of the molecule is COc1ccccc1C(Oc1ccc(Cl)c(N)c1)C(F)(F)F. The number of nitrogen functional groups attached to an aromatic ring is 1. The Balaban J connectivity index is 2.41. The summed E-state index contributed by atoms with van der Waals surface area (Å²) in [6, 6.07) is 9.75. The van der Waals surface area contributed by atoms with Crippen LogP contribution in [0.15, 0.2) is 42.5 Å². The summed E-state index contributed by atoms with van der Waals surface area (Å²) in [5.74, 6) is 0.0573. The van der Waals surface area contributed by atoms with E-state index >= 15 is 0 Å². The lowest BCUT2D eigenvalue weighted by Crippen LogP contribution is -2.26. The average Bonchev–Trinajstić information content (AvgIpc) is 2.47. The van der Waals surface area contributed by atoms with E-state index < -0.39 is 12.3 Å². The molecule has 0 aliphatic rings. The fourth-order valence-corrected chi connectivity index (χ4v) is 2.04. The highest BCUT2D eigenvalue weighted by Crippen LogP contribution is 2.41. The summed E-state index contributed by atoms with van der Waals surface area (Å²) in [6.07, 6.45) is -6.80. The molecule has 1 unspecified atom stereocenters. The second-order valence-corrected chi connectivity index (χ2v) is 4.87. The van der Waals surface area contributed by atoms with Crippen LogP contribution in [-0.4, -0.2) is 13.3 Å². The van der Waals surface area contributed by atoms with Crippen molar-refractivity contribution in [2.45, 2.75) is 12.3 Å². The van der Waals surface area contributed by atoms with Gasteiger partial charge in [-0.05, 0) is 18.2 Å². The zero-order valence-corrected chi connectivity index (χ0v) is 12.3. The first-order valence-corrected chi connectivity index (χ1v) is 6.62. The molecule has 2 N–H and O–H groups in total. The highest BCUT2D eigenvalue weighted by atomic mass is 35.5. The van der Waals surface area contributed by atoms with Gasteiger partial charge in [-0.3, -0.25) is 0 Å². The van der Waals surface area contributed by atoms with E-state index in [1.807, 2.05) is 0 Å². The maximum Gasteiger partial charge on any atom is 0.429 e. The fraction of sp³-hybridized carbons (Fsp3) is 0.200. The predicted molar refractivity (Wildman–Crippen MR) is 78.3 cm³/mol. The van der Waals surface area contributed by atoms with Gasteiger partial charge in [-0.1, -0.05) is 29.8 Å². The van der Waals surface area contributed by atoms with Crippen LogP contribution in [0.2, 0.25) is 5.02 Å². The summed E-state index contributed by atoms with van der Waals surface area (Å²) < 4.78 is 50.1. The van der Waals surface area contributed by atoms with Crippen molar-refractivity contribution in [3.63, 3.8) is 0 Å². The highest BCUT2D eigenvalue weighted by molar-refractivity contribution is 6.33. The van der Waals surface area contributed by atoms with Gasteiger partial charge in [0.25, 0.3) is 0 Å². The number of halogens is 4. The van der Waals surface area contributed by atoms with E-state index in [-0.39, 0.29) is 27.8 Å². The number of benzene rings is 2. The van der Waals surface area contributed by atoms with Crippen molar-refractivity contribution in [3.05, 3.63) is 53.1 Å². The van der Waals surface area contributed by atoms with Gasteiger partial charge >= 0.3 is 6.18 Å². The van der Waals surface area contributed by atoms with Gasteiger partial charge < -0.3 is 15.2 Å². The summed E-state index contributed by atoms with van der Waals surface area (Å²) >= 11 is 5.75. The smallest absolute Gasteiger partial charge is 0.429 e. The van der Waals surface area contributed by atoms with Crippen LogP contribution in [0.5, 0.6) is 11.5 Å². The minimum atomic E-state index is -4.62. The lowest BCUT2D eigenvalue weighted by Gasteiger charge is -2.24. The van der Waals surface area contributed by atoms with Crippen molar-refractivity contribution < 1.29 is 22.6 Å². The third-order valence-electron chi connectivity index (χ3n) is 2.94. The predicted octanol–water partition coefficient (Wildman–Crippen LogP) is 4.61. The Morgan fingerprint density at radius 3 is 2.41 bits per heavy atom. The standard InChI is InChI=1S/C15H13ClF3NO2/c1-21-13-5-3-2-4-10(13)14(15(17,18)19)22-9-6-7-11(16)12(20)8-9/h2-8,14H,20H2,1H3. The van der Waals surface area contributed by atoms with Crippen molar-refractivity contribution in [3.8, 4) is 11.5 Å². The second-order valence-electron chi connectivity index (χ2n) is 4.46. The lowest BCUT2D eigenvalue weighted by atomic mass is 10.1. The van der Waals surface area contributed by atoms with Crippen LogP contribution in [0.4, 0.5) is 18.9 Å². The summed E-state index contributed by atoms with van der Waals surface area (Å²) in [7, 11) is 1.30. The van der Waals surface area contributed by atoms with Gasteiger partial charge in [0.15, 0.2) is 0 Å². The molecule has 0 aromatic heterocycles. The number of nitrogens with two attached hydrogens (primary N) is 1. The van der Waals surface area contributed by atoms with Gasteiger partial charge in [-0.25, -0.2) is 0 Å². The molecule has 0 saturated heterocycles. The molecule has 0 aliphatic heterocycles. The number of ether oxygens (including phenoxy) is 2. The number of para-hydroxylation sites is 1. The molecule has 118 valence electrons. The van der Waals surface area contributed by atoms with E-state index in [0.29, 0.717) is 0 Å². The van der Waals surface area contributed by atoms with Crippen LogP contribution in [0, 0.1) is 0 Å². The van der Waals surface area contributed by atoms with E-state index in [4.69, 9.17) is 26.8 Å². The molecule has 0 fully saturated rings. The molecule has 7 heteroatoms. The molecule has 0 heterocycles. The van der Waals surface area contributed by atoms with Crippen LogP contribution in [-0.2, 0) is 0 Å². The van der Waals surface area contributed by atoms with Crippen LogP contribution in [0.1, 0.15) is 11.7 Å². The van der Waals surface area contributed by atoms with Gasteiger partial charge in [-0.15, -0.1) is 0 Å². The summed E-state index contributed by atoms with van der Waals surface area (Å²) in [6.45, 7) is 0. The molecule has 22 heavy (non-hydrogen) atoms. The van der Waals surface area contributed by atoms with Gasteiger partial charge in [0.2, 0.25) is 6.10 Å². The number of hydrogen-bond acceptors (Lipinski definition) is 3. The van der Waals surface area contributed by atoms with Crippen LogP contribution in [0.3, 0.4) is 0 Å². The molecular weight excluding hydrogens is 319 g/mol. The molecule has 2 rings (SSSR count). The highest BCUT2D eigenvalue weighted by Gasteiger charge is 2.44. The quantitative estimate of drug-likeness (QED) is 0.832. The first kappa shape index (κ1) is 16.3. The number of methoxy groups -OCH3 is 1. The Morgan fingerprint density at radius 1 is 1.14 bits per heavy atom. The normalized spacial score (nSPS) is 12.8. The van der Waals surface area contributed by atoms with Crippen molar-refractivity contribution >= 4 is 17.3 Å². The Morgan fingerprint density at radius 2 is 1.82 bits per heavy atom. The summed E-state index contributed by atoms with van der Waals surface area (Å²) in [5, 5.41) is 0.244. The van der Waals surface area contributed by atoms with E-state index in [9.17, 15) is 13.2 Å². The van der Waals surface area contributed by atoms with Crippen LogP contribution < -0.4 is 15.2 Å². The lowest BCUT2D eigenvalue weighted by molar-refractivity contribution is -0.198. The molecule has 1 atom stereocenters. The summed E-state index contributed by atoms with van der Waals surface area (Å²) in [4.78, 5) is 0. The van der Waals surface area contributed by atoms with Gasteiger partial charge in [0.1, 0.15) is 11.5 Å². The van der Waals surface area contributed by atoms with Crippen LogP contribution >= 0.6 is 11.6 Å². The minimum Gasteiger partial charge on any atom is -0.496 e. The number of anilines is 1. The second kappa shape index (κ2) is 6.36. The van der Waals surface area contributed by atoms with Gasteiger partial charge in [0, 0.05) is 11.6 Å². The third kappa shape index (κ3) is 3.57. The number of alkyl halides is 3. The molecule has 3 nitrogen and oxygen atoms in total. The Kier molecular flexibility index (Phi) is 4.71. The van der Waals surface area contributed by atoms with E-state index in [1.54, 1.807) is 6.07 Å². The Hall–Kier alpha value is -2.08. The molecule has 2 aromatic carbocycles. The molecule has 0 spiro atoms. The molecule has 0 radical (unpaired) electrons. The topological polar surface area (TPSA) is 44.5 Å². The molecule has 0 bridgehead atoms. The Bertz CT molecular complexity index is 661. The van der Waals surface area contributed by atoms with Crippen molar-refractivity contribution in [2.75, 3.05) is 12.8 Å². The number of rotatable bonds is 4. The molecule has 0 saturated carbocycles. The fourth-order valence-electron chi connectivity index (χ4n) is 1.92. The zero-order chi connectivity index (χ0) is 16.3. The minimum absolute atomic E-state index is 0.0323. The maximum atomic E-state index is 13.3. The van der Waals surface area contributed by atoms with Crippen molar-refractivity contribution in [1.29, 1.82) is 0 Å². The van der Waals surface area contributed by atoms with Crippen LogP contribution in [0.25, 0.3) is 0 Å². The van der Waals surface area contributed by atoms with Crippen molar-refractivity contribution in [1.82, 2.24) is 0 Å². The molecule has 2 aromatic rings. The van der Waals surface area contributed by atoms with E-state index in [0.717, 1.165) is 0 Å². The van der Waals surface area contributed by atoms with Gasteiger partial charge in [-0.2, -0.15) is 13.2 Å². The summed E-state index contributed by atoms with van der Waals surface area (Å²) in [5.41, 5.74) is 5.60. The molecular formula is C15H13ClF3NO2. The Labute approximate surface area is 130 Å². The average molecular weight is 332 g/mol. The first-order chi connectivity index (χ1) is 10.3. The monoisotopic (exact) mass is 331 g/mol. The van der Waals surface area contributed by atoms with Gasteiger partial charge in [0.05, 0.1) is 17.8 Å². The van der Waals surface area contributed by atoms with E-state index in [2.05, 4.69) is 0 Å². The number of hydrogen-bond donors (Lipinski definition) is 1. The maximum absolute atomic E-state index is 13.3. The largest absolute Gasteiger partial charge is 0.496 e. The van der Waals surface area contributed by atoms with E-state index in [1.165, 1.54) is 43.5 Å². The zero-order valence-electron chi connectivity index (χ0n) is 11.5. The first-order valence-electron chi connectivity index (χ1n) is 6.24. The third-order valence-corrected chi connectivity index (χ3v) is 3.28. The molecule has 0 amide bonds.